The second-order valence-electron chi connectivity index (χ2n) is 7.35. The minimum Gasteiger partial charge on any atom is -0.352 e. The van der Waals surface area contributed by atoms with Gasteiger partial charge < -0.3 is 5.32 Å². The lowest BCUT2D eigenvalue weighted by Gasteiger charge is -2.20. The molecule has 1 aliphatic carbocycles. The van der Waals surface area contributed by atoms with Gasteiger partial charge in [-0.25, -0.2) is 4.85 Å². The first-order chi connectivity index (χ1) is 12.6. The van der Waals surface area contributed by atoms with E-state index in [4.69, 9.17) is 6.57 Å². The van der Waals surface area contributed by atoms with E-state index in [1.54, 1.807) is 0 Å². The molecule has 134 valence electrons. The fourth-order valence-electron chi connectivity index (χ4n) is 3.81. The van der Waals surface area contributed by atoms with Gasteiger partial charge in [-0.2, -0.15) is 0 Å². The Labute approximate surface area is 156 Å². The standard InChI is InChI=1S/C23H26N2O/c1-17-11-19(16-25-23(26)14-18-7-4-3-5-8-18)13-21(12-17)20-9-6-10-22(15-20)24-2/h6,9-13,15,18H,3-5,7-8,14,16H2,1H3,(H,25,26). The summed E-state index contributed by atoms with van der Waals surface area (Å²) in [5.74, 6) is 0.725. The van der Waals surface area contributed by atoms with Gasteiger partial charge in [0.1, 0.15) is 0 Å². The van der Waals surface area contributed by atoms with Crippen LogP contribution in [0.15, 0.2) is 42.5 Å². The highest BCUT2D eigenvalue weighted by Crippen LogP contribution is 2.27. The maximum absolute atomic E-state index is 12.3. The van der Waals surface area contributed by atoms with Gasteiger partial charge in [-0.1, -0.05) is 55.2 Å². The fourth-order valence-corrected chi connectivity index (χ4v) is 3.81. The van der Waals surface area contributed by atoms with Gasteiger partial charge in [-0.3, -0.25) is 4.79 Å². The van der Waals surface area contributed by atoms with E-state index >= 15 is 0 Å². The second-order valence-corrected chi connectivity index (χ2v) is 7.35. The summed E-state index contributed by atoms with van der Waals surface area (Å²) in [5.41, 5.74) is 5.04. The molecular weight excluding hydrogens is 320 g/mol. The number of carbonyl (C=O) groups excluding carboxylic acids is 1. The first kappa shape index (κ1) is 18.2. The first-order valence-electron chi connectivity index (χ1n) is 9.49. The summed E-state index contributed by atoms with van der Waals surface area (Å²) in [6.07, 6.45) is 6.90. The summed E-state index contributed by atoms with van der Waals surface area (Å²) in [4.78, 5) is 15.8. The Kier molecular flexibility index (Phi) is 6.07. The largest absolute Gasteiger partial charge is 0.352 e. The molecule has 2 aromatic carbocycles. The van der Waals surface area contributed by atoms with Crippen LogP contribution in [0.4, 0.5) is 5.69 Å². The molecule has 1 fully saturated rings. The number of nitrogens with one attached hydrogen (secondary N) is 1. The summed E-state index contributed by atoms with van der Waals surface area (Å²) < 4.78 is 0. The highest BCUT2D eigenvalue weighted by molar-refractivity contribution is 5.76. The fraction of sp³-hybridized carbons (Fsp3) is 0.391. The van der Waals surface area contributed by atoms with Crippen molar-refractivity contribution in [3.63, 3.8) is 0 Å². The Morgan fingerprint density at radius 1 is 1.12 bits per heavy atom. The van der Waals surface area contributed by atoms with Crippen LogP contribution >= 0.6 is 0 Å². The van der Waals surface area contributed by atoms with Crippen LogP contribution in [0.1, 0.15) is 49.7 Å². The molecule has 1 aliphatic rings. The van der Waals surface area contributed by atoms with Crippen molar-refractivity contribution in [2.45, 2.75) is 52.0 Å². The molecule has 0 bridgehead atoms. The van der Waals surface area contributed by atoms with E-state index in [2.05, 4.69) is 35.3 Å². The van der Waals surface area contributed by atoms with Crippen LogP contribution in [0.2, 0.25) is 0 Å². The average Bonchev–Trinajstić information content (AvgIpc) is 2.67. The summed E-state index contributed by atoms with van der Waals surface area (Å²) in [5, 5.41) is 3.09. The highest BCUT2D eigenvalue weighted by atomic mass is 16.1. The van der Waals surface area contributed by atoms with Crippen molar-refractivity contribution in [1.29, 1.82) is 0 Å². The molecule has 0 saturated heterocycles. The van der Waals surface area contributed by atoms with E-state index in [1.807, 2.05) is 24.3 Å². The average molecular weight is 346 g/mol. The lowest BCUT2D eigenvalue weighted by molar-refractivity contribution is -0.122. The van der Waals surface area contributed by atoms with Crippen LogP contribution < -0.4 is 5.32 Å². The highest BCUT2D eigenvalue weighted by Gasteiger charge is 2.16. The third-order valence-corrected chi connectivity index (χ3v) is 5.13. The van der Waals surface area contributed by atoms with Gasteiger partial charge in [0.25, 0.3) is 0 Å². The number of amides is 1. The Bertz CT molecular complexity index is 813. The minimum absolute atomic E-state index is 0.162. The topological polar surface area (TPSA) is 33.5 Å². The molecule has 3 nitrogen and oxygen atoms in total. The second kappa shape index (κ2) is 8.67. The van der Waals surface area contributed by atoms with Gasteiger partial charge in [-0.15, -0.1) is 0 Å². The number of carbonyl (C=O) groups is 1. The van der Waals surface area contributed by atoms with Crippen molar-refractivity contribution in [1.82, 2.24) is 5.32 Å². The predicted molar refractivity (Wildman–Crippen MR) is 106 cm³/mol. The molecule has 26 heavy (non-hydrogen) atoms. The van der Waals surface area contributed by atoms with E-state index in [-0.39, 0.29) is 5.91 Å². The number of rotatable bonds is 5. The van der Waals surface area contributed by atoms with E-state index in [0.717, 1.165) is 22.3 Å². The molecule has 2 aromatic rings. The molecule has 1 amide bonds. The summed E-state index contributed by atoms with van der Waals surface area (Å²) >= 11 is 0. The molecule has 0 aromatic heterocycles. The van der Waals surface area contributed by atoms with E-state index in [1.165, 1.54) is 32.1 Å². The van der Waals surface area contributed by atoms with Crippen molar-refractivity contribution in [2.24, 2.45) is 5.92 Å². The lowest BCUT2D eigenvalue weighted by atomic mass is 9.87. The van der Waals surface area contributed by atoms with Crippen molar-refractivity contribution in [3.05, 3.63) is 65.0 Å². The minimum atomic E-state index is 0.162. The molecule has 3 rings (SSSR count). The number of benzene rings is 2. The third-order valence-electron chi connectivity index (χ3n) is 5.13. The van der Waals surface area contributed by atoms with Gasteiger partial charge in [0.15, 0.2) is 5.69 Å². The van der Waals surface area contributed by atoms with Crippen LogP contribution in [-0.2, 0) is 11.3 Å². The molecule has 1 N–H and O–H groups in total. The van der Waals surface area contributed by atoms with Crippen LogP contribution in [0, 0.1) is 19.4 Å². The van der Waals surface area contributed by atoms with Gasteiger partial charge in [0, 0.05) is 13.0 Å². The molecule has 0 radical (unpaired) electrons. The van der Waals surface area contributed by atoms with Crippen molar-refractivity contribution in [3.8, 4) is 11.1 Å². The number of nitrogens with zero attached hydrogens (tertiary/aromatic N) is 1. The SMILES string of the molecule is [C-]#[N+]c1cccc(-c2cc(C)cc(CNC(=O)CC3CCCCC3)c2)c1. The van der Waals surface area contributed by atoms with E-state index in [9.17, 15) is 4.79 Å². The molecule has 1 saturated carbocycles. The molecule has 0 heterocycles. The summed E-state index contributed by atoms with van der Waals surface area (Å²) in [7, 11) is 0. The van der Waals surface area contributed by atoms with Gasteiger partial charge >= 0.3 is 0 Å². The number of hydrogen-bond acceptors (Lipinski definition) is 1. The van der Waals surface area contributed by atoms with Crippen molar-refractivity contribution in [2.75, 3.05) is 0 Å². The molecule has 3 heteroatoms. The monoisotopic (exact) mass is 346 g/mol. The summed E-state index contributed by atoms with van der Waals surface area (Å²) in [6.45, 7) is 9.81. The van der Waals surface area contributed by atoms with E-state index < -0.39 is 0 Å². The predicted octanol–water partition coefficient (Wildman–Crippen LogP) is 5.80. The Balaban J connectivity index is 1.65. The third kappa shape index (κ3) is 4.95. The van der Waals surface area contributed by atoms with Crippen LogP contribution in [0.5, 0.6) is 0 Å². The van der Waals surface area contributed by atoms with Crippen molar-refractivity contribution >= 4 is 11.6 Å². The molecule has 0 spiro atoms. The Morgan fingerprint density at radius 3 is 2.69 bits per heavy atom. The maximum Gasteiger partial charge on any atom is 0.220 e. The lowest BCUT2D eigenvalue weighted by Crippen LogP contribution is -2.25. The van der Waals surface area contributed by atoms with E-state index in [0.29, 0.717) is 24.6 Å². The van der Waals surface area contributed by atoms with Crippen molar-refractivity contribution < 1.29 is 4.79 Å². The normalized spacial score (nSPS) is 14.6. The molecule has 0 atom stereocenters. The first-order valence-corrected chi connectivity index (χ1v) is 9.49. The zero-order chi connectivity index (χ0) is 18.4. The number of hydrogen-bond donors (Lipinski definition) is 1. The zero-order valence-corrected chi connectivity index (χ0v) is 15.4. The van der Waals surface area contributed by atoms with Crippen LogP contribution in [-0.4, -0.2) is 5.91 Å². The van der Waals surface area contributed by atoms with Crippen LogP contribution in [0.3, 0.4) is 0 Å². The molecule has 0 aliphatic heterocycles. The maximum atomic E-state index is 12.3. The Hall–Kier alpha value is -2.60. The molecular formula is C23H26N2O. The van der Waals surface area contributed by atoms with Gasteiger partial charge in [0.05, 0.1) is 6.57 Å². The molecule has 0 unspecified atom stereocenters. The Morgan fingerprint density at radius 2 is 1.92 bits per heavy atom. The van der Waals surface area contributed by atoms with Gasteiger partial charge in [-0.05, 0) is 54.5 Å². The summed E-state index contributed by atoms with van der Waals surface area (Å²) in [6, 6.07) is 14.0. The quantitative estimate of drug-likeness (QED) is 0.682. The smallest absolute Gasteiger partial charge is 0.220 e. The van der Waals surface area contributed by atoms with Crippen LogP contribution in [0.25, 0.3) is 16.0 Å². The number of aryl methyl sites for hydroxylation is 1. The van der Waals surface area contributed by atoms with Gasteiger partial charge in [0.2, 0.25) is 5.91 Å². The zero-order valence-electron chi connectivity index (χ0n) is 15.4.